The molecular weight excluding hydrogens is 326 g/mol. The molecule has 0 bridgehead atoms. The van der Waals surface area contributed by atoms with E-state index in [1.54, 1.807) is 0 Å². The van der Waals surface area contributed by atoms with Crippen LogP contribution < -0.4 is 5.32 Å². The van der Waals surface area contributed by atoms with E-state index in [1.807, 2.05) is 0 Å². The molecule has 1 aromatic carbocycles. The zero-order valence-corrected chi connectivity index (χ0v) is 17.1. The smallest absolute Gasteiger partial charge is 0.0546 e. The standard InChI is InChI=1S/C23H32ClN/c1-7-21(24)18(5)22(19-10-9-16(3)17(4)15-19)23(6)13-11-20(12-14-23)25-8-2/h9-13,15,21-22,25H,5,7-8,14H2,1-4,6H3. The molecule has 0 saturated heterocycles. The van der Waals surface area contributed by atoms with E-state index >= 15 is 0 Å². The predicted octanol–water partition coefficient (Wildman–Crippen LogP) is 6.42. The first-order chi connectivity index (χ1) is 11.8. The van der Waals surface area contributed by atoms with Crippen molar-refractivity contribution in [1.29, 1.82) is 0 Å². The Kier molecular flexibility index (Phi) is 6.57. The van der Waals surface area contributed by atoms with Crippen LogP contribution in [0.3, 0.4) is 0 Å². The van der Waals surface area contributed by atoms with Crippen molar-refractivity contribution in [2.75, 3.05) is 6.54 Å². The van der Waals surface area contributed by atoms with Crippen LogP contribution in [-0.2, 0) is 0 Å². The molecule has 1 aliphatic carbocycles. The molecule has 3 unspecified atom stereocenters. The predicted molar refractivity (Wildman–Crippen MR) is 111 cm³/mol. The first-order valence-corrected chi connectivity index (χ1v) is 9.79. The first kappa shape index (κ1) is 19.8. The molecule has 2 heteroatoms. The second-order valence-electron chi connectivity index (χ2n) is 7.46. The summed E-state index contributed by atoms with van der Waals surface area (Å²) < 4.78 is 0. The van der Waals surface area contributed by atoms with Crippen molar-refractivity contribution in [3.8, 4) is 0 Å². The molecule has 1 aromatic rings. The third kappa shape index (κ3) is 4.39. The maximum atomic E-state index is 6.64. The van der Waals surface area contributed by atoms with E-state index in [4.69, 9.17) is 11.6 Å². The van der Waals surface area contributed by atoms with Gasteiger partial charge in [-0.2, -0.15) is 0 Å². The quantitative estimate of drug-likeness (QED) is 0.438. The summed E-state index contributed by atoms with van der Waals surface area (Å²) in [5.74, 6) is 0.213. The molecule has 0 heterocycles. The van der Waals surface area contributed by atoms with Crippen LogP contribution in [0.2, 0.25) is 0 Å². The molecule has 1 aliphatic rings. The molecule has 2 rings (SSSR count). The Balaban J connectivity index is 2.43. The van der Waals surface area contributed by atoms with Crippen molar-refractivity contribution in [2.24, 2.45) is 5.41 Å². The lowest BCUT2D eigenvalue weighted by Gasteiger charge is -2.39. The third-order valence-corrected chi connectivity index (χ3v) is 6.03. The van der Waals surface area contributed by atoms with E-state index in [0.29, 0.717) is 0 Å². The van der Waals surface area contributed by atoms with Crippen molar-refractivity contribution >= 4 is 11.6 Å². The van der Waals surface area contributed by atoms with Crippen LogP contribution in [0.1, 0.15) is 56.2 Å². The van der Waals surface area contributed by atoms with Crippen LogP contribution in [0.5, 0.6) is 0 Å². The van der Waals surface area contributed by atoms with Crippen molar-refractivity contribution < 1.29 is 0 Å². The Morgan fingerprint density at radius 3 is 2.52 bits per heavy atom. The largest absolute Gasteiger partial charge is 0.386 e. The van der Waals surface area contributed by atoms with Crippen LogP contribution in [0.15, 0.2) is 54.3 Å². The second-order valence-corrected chi connectivity index (χ2v) is 7.99. The monoisotopic (exact) mass is 357 g/mol. The van der Waals surface area contributed by atoms with E-state index < -0.39 is 0 Å². The summed E-state index contributed by atoms with van der Waals surface area (Å²) in [6, 6.07) is 6.78. The van der Waals surface area contributed by atoms with Crippen LogP contribution >= 0.6 is 11.6 Å². The van der Waals surface area contributed by atoms with Gasteiger partial charge >= 0.3 is 0 Å². The number of halogens is 1. The molecule has 0 saturated carbocycles. The second kappa shape index (κ2) is 8.27. The molecule has 0 aromatic heterocycles. The summed E-state index contributed by atoms with van der Waals surface area (Å²) in [7, 11) is 0. The summed E-state index contributed by atoms with van der Waals surface area (Å²) >= 11 is 6.64. The highest BCUT2D eigenvalue weighted by atomic mass is 35.5. The van der Waals surface area contributed by atoms with E-state index in [0.717, 1.165) is 25.0 Å². The summed E-state index contributed by atoms with van der Waals surface area (Å²) in [5, 5.41) is 3.40. The molecule has 1 nitrogen and oxygen atoms in total. The zero-order chi connectivity index (χ0) is 18.6. The minimum Gasteiger partial charge on any atom is -0.386 e. The highest BCUT2D eigenvalue weighted by molar-refractivity contribution is 6.22. The number of nitrogens with one attached hydrogen (secondary N) is 1. The Hall–Kier alpha value is -1.47. The SMILES string of the molecule is C=C(C(Cl)CC)C(c1ccc(C)c(C)c1)C1(C)C=CC(NCC)=CC1. The summed E-state index contributed by atoms with van der Waals surface area (Å²) in [5.41, 5.74) is 6.29. The van der Waals surface area contributed by atoms with Crippen LogP contribution in [0, 0.1) is 19.3 Å². The number of benzene rings is 1. The average Bonchev–Trinajstić information content (AvgIpc) is 2.59. The minimum absolute atomic E-state index is 0.00372. The molecule has 0 fully saturated rings. The van der Waals surface area contributed by atoms with Gasteiger partial charge in [0, 0.05) is 18.2 Å². The van der Waals surface area contributed by atoms with Gasteiger partial charge in [-0.3, -0.25) is 0 Å². The van der Waals surface area contributed by atoms with Gasteiger partial charge < -0.3 is 5.32 Å². The van der Waals surface area contributed by atoms with Crippen molar-refractivity contribution in [1.82, 2.24) is 5.32 Å². The minimum atomic E-state index is -0.0139. The Labute approximate surface area is 158 Å². The molecule has 136 valence electrons. The average molecular weight is 358 g/mol. The third-order valence-electron chi connectivity index (χ3n) is 5.44. The summed E-state index contributed by atoms with van der Waals surface area (Å²) in [4.78, 5) is 0. The van der Waals surface area contributed by atoms with Crippen molar-refractivity contribution in [3.63, 3.8) is 0 Å². The van der Waals surface area contributed by atoms with Gasteiger partial charge in [0.15, 0.2) is 0 Å². The highest BCUT2D eigenvalue weighted by Gasteiger charge is 2.37. The van der Waals surface area contributed by atoms with Gasteiger partial charge in [0.25, 0.3) is 0 Å². The topological polar surface area (TPSA) is 12.0 Å². The molecule has 3 atom stereocenters. The fraction of sp³-hybridized carbons (Fsp3) is 0.478. The van der Waals surface area contributed by atoms with Gasteiger partial charge in [-0.15, -0.1) is 11.6 Å². The number of rotatable bonds is 7. The van der Waals surface area contributed by atoms with Crippen LogP contribution in [-0.4, -0.2) is 11.9 Å². The zero-order valence-electron chi connectivity index (χ0n) is 16.3. The number of hydrogen-bond donors (Lipinski definition) is 1. The maximum absolute atomic E-state index is 6.64. The fourth-order valence-corrected chi connectivity index (χ4v) is 3.83. The molecule has 0 amide bonds. The molecular formula is C23H32ClN. The van der Waals surface area contributed by atoms with Gasteiger partial charge in [-0.1, -0.05) is 56.4 Å². The number of hydrogen-bond acceptors (Lipinski definition) is 1. The van der Waals surface area contributed by atoms with Gasteiger partial charge in [0.2, 0.25) is 0 Å². The van der Waals surface area contributed by atoms with E-state index in [-0.39, 0.29) is 16.7 Å². The van der Waals surface area contributed by atoms with Gasteiger partial charge in [-0.25, -0.2) is 0 Å². The van der Waals surface area contributed by atoms with Crippen LogP contribution in [0.4, 0.5) is 0 Å². The molecule has 1 N–H and O–H groups in total. The first-order valence-electron chi connectivity index (χ1n) is 9.35. The Bertz CT molecular complexity index is 685. The van der Waals surface area contributed by atoms with E-state index in [1.165, 1.54) is 22.4 Å². The molecule has 0 aliphatic heterocycles. The number of allylic oxidation sites excluding steroid dienone is 4. The lowest BCUT2D eigenvalue weighted by Crippen LogP contribution is -2.30. The van der Waals surface area contributed by atoms with E-state index in [2.05, 4.69) is 82.9 Å². The number of aryl methyl sites for hydroxylation is 2. The molecule has 25 heavy (non-hydrogen) atoms. The summed E-state index contributed by atoms with van der Waals surface area (Å²) in [6.07, 6.45) is 8.74. The Morgan fingerprint density at radius 1 is 1.28 bits per heavy atom. The van der Waals surface area contributed by atoms with Gasteiger partial charge in [-0.05, 0) is 61.8 Å². The van der Waals surface area contributed by atoms with E-state index in [9.17, 15) is 0 Å². The van der Waals surface area contributed by atoms with Gasteiger partial charge in [0.05, 0.1) is 5.38 Å². The molecule has 0 radical (unpaired) electrons. The van der Waals surface area contributed by atoms with Crippen molar-refractivity contribution in [3.05, 3.63) is 71.0 Å². The lowest BCUT2D eigenvalue weighted by molar-refractivity contribution is 0.362. The highest BCUT2D eigenvalue weighted by Crippen LogP contribution is 2.48. The fourth-order valence-electron chi connectivity index (χ4n) is 3.70. The summed E-state index contributed by atoms with van der Waals surface area (Å²) in [6.45, 7) is 16.3. The normalized spacial score (nSPS) is 22.2. The van der Waals surface area contributed by atoms with Crippen LogP contribution in [0.25, 0.3) is 0 Å². The molecule has 0 spiro atoms. The van der Waals surface area contributed by atoms with Crippen molar-refractivity contribution in [2.45, 2.75) is 58.8 Å². The maximum Gasteiger partial charge on any atom is 0.0546 e. The number of likely N-dealkylation sites (N-methyl/N-ethyl adjacent to an activating group) is 1. The Morgan fingerprint density at radius 2 is 2.00 bits per heavy atom. The van der Waals surface area contributed by atoms with Gasteiger partial charge in [0.1, 0.15) is 0 Å². The lowest BCUT2D eigenvalue weighted by atomic mass is 9.65. The number of alkyl halides is 1.